The molecule has 0 aliphatic carbocycles. The molecule has 0 aliphatic heterocycles. The maximum Gasteiger partial charge on any atom is 0.0635 e. The van der Waals surface area contributed by atoms with Gasteiger partial charge in [0, 0.05) is 19.5 Å². The van der Waals surface area contributed by atoms with Crippen molar-refractivity contribution >= 4 is 0 Å². The van der Waals surface area contributed by atoms with Crippen molar-refractivity contribution in [2.45, 2.75) is 33.1 Å². The van der Waals surface area contributed by atoms with Crippen LogP contribution in [-0.2, 0) is 6.42 Å². The van der Waals surface area contributed by atoms with Crippen LogP contribution in [0.2, 0.25) is 0 Å². The molecule has 0 heterocycles. The largest absolute Gasteiger partial charge is 0.302 e. The SMILES string of the molecule is CC(C)CN(CCC#N)CCCc1ccccc1. The quantitative estimate of drug-likeness (QED) is 0.700. The minimum absolute atomic E-state index is 0.637. The Hall–Kier alpha value is -1.33. The van der Waals surface area contributed by atoms with Crippen molar-refractivity contribution in [2.75, 3.05) is 19.6 Å². The first-order valence-electron chi connectivity index (χ1n) is 6.85. The Morgan fingerprint density at radius 1 is 1.17 bits per heavy atom. The smallest absolute Gasteiger partial charge is 0.0635 e. The lowest BCUT2D eigenvalue weighted by Crippen LogP contribution is -2.30. The van der Waals surface area contributed by atoms with E-state index >= 15 is 0 Å². The second-order valence-electron chi connectivity index (χ2n) is 5.19. The standard InChI is InChI=1S/C16H24N2/c1-15(2)14-18(13-7-11-17)12-6-10-16-8-4-3-5-9-16/h3-5,8-9,15H,6-7,10,12-14H2,1-2H3. The monoisotopic (exact) mass is 244 g/mol. The molecule has 1 rings (SSSR count). The molecule has 2 nitrogen and oxygen atoms in total. The number of hydrogen-bond donors (Lipinski definition) is 0. The van der Waals surface area contributed by atoms with Gasteiger partial charge in [-0.3, -0.25) is 0 Å². The van der Waals surface area contributed by atoms with E-state index < -0.39 is 0 Å². The zero-order chi connectivity index (χ0) is 13.2. The molecule has 0 fully saturated rings. The van der Waals surface area contributed by atoms with Gasteiger partial charge in [-0.15, -0.1) is 0 Å². The van der Waals surface area contributed by atoms with Gasteiger partial charge in [0.15, 0.2) is 0 Å². The summed E-state index contributed by atoms with van der Waals surface area (Å²) in [5.41, 5.74) is 1.40. The zero-order valence-electron chi connectivity index (χ0n) is 11.6. The van der Waals surface area contributed by atoms with Crippen LogP contribution in [0.1, 0.15) is 32.3 Å². The molecule has 98 valence electrons. The van der Waals surface area contributed by atoms with E-state index in [4.69, 9.17) is 5.26 Å². The van der Waals surface area contributed by atoms with Crippen LogP contribution >= 0.6 is 0 Å². The van der Waals surface area contributed by atoms with Crippen LogP contribution in [0.25, 0.3) is 0 Å². The lowest BCUT2D eigenvalue weighted by molar-refractivity contribution is 0.246. The average Bonchev–Trinajstić information content (AvgIpc) is 2.36. The average molecular weight is 244 g/mol. The lowest BCUT2D eigenvalue weighted by atomic mass is 10.1. The van der Waals surface area contributed by atoms with Crippen LogP contribution in [0.4, 0.5) is 0 Å². The predicted molar refractivity (Wildman–Crippen MR) is 76.3 cm³/mol. The highest BCUT2D eigenvalue weighted by Crippen LogP contribution is 2.06. The Labute approximate surface area is 111 Å². The number of hydrogen-bond acceptors (Lipinski definition) is 2. The Balaban J connectivity index is 2.30. The first-order valence-corrected chi connectivity index (χ1v) is 6.85. The highest BCUT2D eigenvalue weighted by atomic mass is 15.1. The Morgan fingerprint density at radius 3 is 2.50 bits per heavy atom. The second-order valence-corrected chi connectivity index (χ2v) is 5.19. The van der Waals surface area contributed by atoms with Gasteiger partial charge in [0.05, 0.1) is 6.07 Å². The Kier molecular flexibility index (Phi) is 7.13. The summed E-state index contributed by atoms with van der Waals surface area (Å²) in [4.78, 5) is 2.41. The third kappa shape index (κ3) is 6.42. The Morgan fingerprint density at radius 2 is 1.89 bits per heavy atom. The van der Waals surface area contributed by atoms with Crippen molar-refractivity contribution in [3.05, 3.63) is 35.9 Å². The second kappa shape index (κ2) is 8.72. The van der Waals surface area contributed by atoms with Gasteiger partial charge < -0.3 is 4.90 Å². The molecule has 0 bridgehead atoms. The molecule has 0 radical (unpaired) electrons. The first kappa shape index (κ1) is 14.7. The minimum atomic E-state index is 0.637. The van der Waals surface area contributed by atoms with E-state index in [1.54, 1.807) is 0 Å². The number of rotatable bonds is 8. The van der Waals surface area contributed by atoms with Crippen molar-refractivity contribution in [1.29, 1.82) is 5.26 Å². The third-order valence-corrected chi connectivity index (χ3v) is 2.95. The predicted octanol–water partition coefficient (Wildman–Crippen LogP) is 3.49. The fourth-order valence-corrected chi connectivity index (χ4v) is 2.17. The topological polar surface area (TPSA) is 27.0 Å². The first-order chi connectivity index (χ1) is 8.72. The van der Waals surface area contributed by atoms with Crippen molar-refractivity contribution in [1.82, 2.24) is 4.90 Å². The molecule has 0 aromatic heterocycles. The van der Waals surface area contributed by atoms with E-state index in [0.29, 0.717) is 12.3 Å². The van der Waals surface area contributed by atoms with E-state index in [2.05, 4.69) is 55.1 Å². The van der Waals surface area contributed by atoms with E-state index in [1.165, 1.54) is 12.0 Å². The summed E-state index contributed by atoms with van der Waals surface area (Å²) in [5.74, 6) is 0.667. The normalized spacial score (nSPS) is 10.8. The molecule has 2 heteroatoms. The van der Waals surface area contributed by atoms with Crippen LogP contribution < -0.4 is 0 Å². The van der Waals surface area contributed by atoms with Gasteiger partial charge in [0.25, 0.3) is 0 Å². The lowest BCUT2D eigenvalue weighted by Gasteiger charge is -2.23. The van der Waals surface area contributed by atoms with Crippen LogP contribution in [0.15, 0.2) is 30.3 Å². The highest BCUT2D eigenvalue weighted by Gasteiger charge is 2.06. The number of benzene rings is 1. The van der Waals surface area contributed by atoms with Crippen molar-refractivity contribution in [3.8, 4) is 6.07 Å². The molecule has 1 aromatic rings. The van der Waals surface area contributed by atoms with Gasteiger partial charge in [0.1, 0.15) is 0 Å². The van der Waals surface area contributed by atoms with Crippen molar-refractivity contribution < 1.29 is 0 Å². The van der Waals surface area contributed by atoms with Crippen LogP contribution in [-0.4, -0.2) is 24.5 Å². The van der Waals surface area contributed by atoms with Crippen LogP contribution in [0, 0.1) is 17.2 Å². The molecular formula is C16H24N2. The zero-order valence-corrected chi connectivity index (χ0v) is 11.6. The molecule has 0 unspecified atom stereocenters. The summed E-state index contributed by atoms with van der Waals surface area (Å²) in [7, 11) is 0. The van der Waals surface area contributed by atoms with Gasteiger partial charge >= 0.3 is 0 Å². The van der Waals surface area contributed by atoms with E-state index in [0.717, 1.165) is 26.1 Å². The Bertz CT molecular complexity index is 351. The summed E-state index contributed by atoms with van der Waals surface area (Å²) in [6.45, 7) is 7.56. The van der Waals surface area contributed by atoms with Crippen molar-refractivity contribution in [2.24, 2.45) is 5.92 Å². The molecule has 0 amide bonds. The number of nitriles is 1. The van der Waals surface area contributed by atoms with Crippen LogP contribution in [0.5, 0.6) is 0 Å². The van der Waals surface area contributed by atoms with E-state index in [1.807, 2.05) is 0 Å². The van der Waals surface area contributed by atoms with E-state index in [9.17, 15) is 0 Å². The molecule has 0 N–H and O–H groups in total. The molecule has 0 spiro atoms. The number of aryl methyl sites for hydroxylation is 1. The molecule has 0 atom stereocenters. The van der Waals surface area contributed by atoms with Crippen molar-refractivity contribution in [3.63, 3.8) is 0 Å². The molecule has 1 aromatic carbocycles. The highest BCUT2D eigenvalue weighted by molar-refractivity contribution is 5.14. The van der Waals surface area contributed by atoms with Gasteiger partial charge in [-0.1, -0.05) is 44.2 Å². The molecule has 0 saturated heterocycles. The van der Waals surface area contributed by atoms with E-state index in [-0.39, 0.29) is 0 Å². The fraction of sp³-hybridized carbons (Fsp3) is 0.562. The van der Waals surface area contributed by atoms with Gasteiger partial charge in [-0.2, -0.15) is 5.26 Å². The summed E-state index contributed by atoms with van der Waals surface area (Å²) in [5, 5.41) is 8.68. The summed E-state index contributed by atoms with van der Waals surface area (Å²) in [6.07, 6.45) is 2.93. The molecular weight excluding hydrogens is 220 g/mol. The summed E-state index contributed by atoms with van der Waals surface area (Å²) < 4.78 is 0. The molecule has 0 aliphatic rings. The van der Waals surface area contributed by atoms with Gasteiger partial charge in [-0.05, 0) is 30.9 Å². The van der Waals surface area contributed by atoms with Gasteiger partial charge in [0.2, 0.25) is 0 Å². The van der Waals surface area contributed by atoms with Gasteiger partial charge in [-0.25, -0.2) is 0 Å². The van der Waals surface area contributed by atoms with Crippen LogP contribution in [0.3, 0.4) is 0 Å². The summed E-state index contributed by atoms with van der Waals surface area (Å²) >= 11 is 0. The fourth-order valence-electron chi connectivity index (χ4n) is 2.17. The maximum atomic E-state index is 8.68. The number of nitrogens with zero attached hydrogens (tertiary/aromatic N) is 2. The minimum Gasteiger partial charge on any atom is -0.302 e. The maximum absolute atomic E-state index is 8.68. The summed E-state index contributed by atoms with van der Waals surface area (Å²) in [6, 6.07) is 12.8. The molecule has 18 heavy (non-hydrogen) atoms. The molecule has 0 saturated carbocycles. The third-order valence-electron chi connectivity index (χ3n) is 2.95.